The van der Waals surface area contributed by atoms with E-state index in [1.54, 1.807) is 12.3 Å². The van der Waals surface area contributed by atoms with Gasteiger partial charge >= 0.3 is 0 Å². The Morgan fingerprint density at radius 2 is 1.46 bits per heavy atom. The van der Waals surface area contributed by atoms with Crippen LogP contribution in [0.4, 0.5) is 5.69 Å². The number of benzene rings is 2. The van der Waals surface area contributed by atoms with Gasteiger partial charge in [0.1, 0.15) is 17.2 Å². The zero-order chi connectivity index (χ0) is 20.0. The highest BCUT2D eigenvalue weighted by molar-refractivity contribution is 5.85. The molecule has 2 rings (SSSR count). The minimum Gasteiger partial charge on any atom is -0.507 e. The van der Waals surface area contributed by atoms with Crippen molar-refractivity contribution in [2.75, 3.05) is 13.2 Å². The smallest absolute Gasteiger partial charge is 0.128 e. The maximum atomic E-state index is 10.1. The highest BCUT2D eigenvalue weighted by Crippen LogP contribution is 2.24. The predicted octanol–water partition coefficient (Wildman–Crippen LogP) is 6.67. The van der Waals surface area contributed by atoms with Crippen molar-refractivity contribution in [1.29, 1.82) is 0 Å². The fraction of sp³-hybridized carbons (Fsp3) is 0.458. The van der Waals surface area contributed by atoms with Crippen molar-refractivity contribution in [2.24, 2.45) is 4.99 Å². The number of phenols is 1. The van der Waals surface area contributed by atoms with E-state index in [2.05, 4.69) is 11.9 Å². The Morgan fingerprint density at radius 3 is 2.18 bits per heavy atom. The Labute approximate surface area is 169 Å². The van der Waals surface area contributed by atoms with Gasteiger partial charge in [-0.15, -0.1) is 0 Å². The third-order valence-electron chi connectivity index (χ3n) is 4.43. The monoisotopic (exact) mass is 383 g/mol. The molecule has 0 aliphatic heterocycles. The summed E-state index contributed by atoms with van der Waals surface area (Å²) >= 11 is 0. The van der Waals surface area contributed by atoms with E-state index in [0.29, 0.717) is 17.9 Å². The van der Waals surface area contributed by atoms with Crippen LogP contribution in [0, 0.1) is 0 Å². The molecule has 0 aliphatic rings. The summed E-state index contributed by atoms with van der Waals surface area (Å²) in [7, 11) is 0. The van der Waals surface area contributed by atoms with Crippen LogP contribution in [0.1, 0.15) is 64.4 Å². The van der Waals surface area contributed by atoms with Crippen molar-refractivity contribution in [3.63, 3.8) is 0 Å². The molecule has 4 nitrogen and oxygen atoms in total. The number of aliphatic imine (C=N–C) groups is 1. The van der Waals surface area contributed by atoms with Crippen molar-refractivity contribution < 1.29 is 14.6 Å². The molecule has 28 heavy (non-hydrogen) atoms. The summed E-state index contributed by atoms with van der Waals surface area (Å²) in [4.78, 5) is 4.43. The summed E-state index contributed by atoms with van der Waals surface area (Å²) < 4.78 is 11.3. The van der Waals surface area contributed by atoms with Gasteiger partial charge in [-0.3, -0.25) is 4.99 Å². The van der Waals surface area contributed by atoms with Gasteiger partial charge in [0.2, 0.25) is 0 Å². The number of hydrogen-bond acceptors (Lipinski definition) is 4. The molecule has 1 N–H and O–H groups in total. The Bertz CT molecular complexity index is 710. The number of unbranched alkanes of at least 4 members (excludes halogenated alkanes) is 5. The fourth-order valence-electron chi connectivity index (χ4n) is 2.79. The van der Waals surface area contributed by atoms with Crippen LogP contribution in [0.5, 0.6) is 17.2 Å². The number of rotatable bonds is 13. The van der Waals surface area contributed by atoms with Gasteiger partial charge in [0, 0.05) is 17.8 Å². The largest absolute Gasteiger partial charge is 0.507 e. The first-order chi connectivity index (χ1) is 13.7. The topological polar surface area (TPSA) is 51.0 Å². The standard InChI is InChI=1S/C24H33NO3/c1-3-5-6-7-8-9-17-28-22-14-11-21(12-15-22)25-19-20-10-13-23(18-24(20)26)27-16-4-2/h10-15,18-19,26H,3-9,16-17H2,1-2H3. The molecule has 0 unspecified atom stereocenters. The molecule has 0 heterocycles. The van der Waals surface area contributed by atoms with E-state index in [9.17, 15) is 5.11 Å². The van der Waals surface area contributed by atoms with Crippen LogP contribution in [0.3, 0.4) is 0 Å². The Kier molecular flexibility index (Phi) is 9.98. The van der Waals surface area contributed by atoms with Crippen molar-refractivity contribution in [2.45, 2.75) is 58.8 Å². The summed E-state index contributed by atoms with van der Waals surface area (Å²) in [6, 6.07) is 13.0. The molecule has 0 aliphatic carbocycles. The van der Waals surface area contributed by atoms with E-state index in [-0.39, 0.29) is 5.75 Å². The Balaban J connectivity index is 1.78. The minimum atomic E-state index is 0.163. The van der Waals surface area contributed by atoms with Gasteiger partial charge in [0.15, 0.2) is 0 Å². The summed E-state index contributed by atoms with van der Waals surface area (Å²) in [5, 5.41) is 10.1. The van der Waals surface area contributed by atoms with E-state index in [1.165, 1.54) is 32.1 Å². The van der Waals surface area contributed by atoms with E-state index < -0.39 is 0 Å². The van der Waals surface area contributed by atoms with Gasteiger partial charge in [0.25, 0.3) is 0 Å². The number of phenolic OH excluding ortho intramolecular Hbond substituents is 1. The highest BCUT2D eigenvalue weighted by atomic mass is 16.5. The van der Waals surface area contributed by atoms with Crippen molar-refractivity contribution in [3.8, 4) is 17.2 Å². The number of aromatic hydroxyl groups is 1. The predicted molar refractivity (Wildman–Crippen MR) is 116 cm³/mol. The minimum absolute atomic E-state index is 0.163. The molecular weight excluding hydrogens is 350 g/mol. The first-order valence-corrected chi connectivity index (χ1v) is 10.5. The van der Waals surface area contributed by atoms with E-state index in [1.807, 2.05) is 43.3 Å². The van der Waals surface area contributed by atoms with Crippen LogP contribution in [-0.2, 0) is 0 Å². The second-order valence-electron chi connectivity index (χ2n) is 6.94. The van der Waals surface area contributed by atoms with Gasteiger partial charge in [-0.05, 0) is 49.2 Å². The molecule has 0 saturated carbocycles. The van der Waals surface area contributed by atoms with Crippen LogP contribution in [0.2, 0.25) is 0 Å². The maximum Gasteiger partial charge on any atom is 0.128 e. The molecule has 0 aromatic heterocycles. The van der Waals surface area contributed by atoms with Crippen LogP contribution in [-0.4, -0.2) is 24.5 Å². The molecule has 152 valence electrons. The Morgan fingerprint density at radius 1 is 0.786 bits per heavy atom. The number of ether oxygens (including phenoxy) is 2. The quantitative estimate of drug-likeness (QED) is 0.310. The first kappa shape index (κ1) is 21.8. The van der Waals surface area contributed by atoms with Crippen LogP contribution >= 0.6 is 0 Å². The summed E-state index contributed by atoms with van der Waals surface area (Å²) in [5.74, 6) is 1.70. The van der Waals surface area contributed by atoms with Crippen molar-refractivity contribution in [1.82, 2.24) is 0 Å². The Hall–Kier alpha value is -2.49. The van der Waals surface area contributed by atoms with Crippen LogP contribution < -0.4 is 9.47 Å². The second kappa shape index (κ2) is 12.8. The maximum absolute atomic E-state index is 10.1. The van der Waals surface area contributed by atoms with E-state index in [4.69, 9.17) is 9.47 Å². The molecule has 0 saturated heterocycles. The third-order valence-corrected chi connectivity index (χ3v) is 4.43. The molecular formula is C24H33NO3. The molecule has 0 fully saturated rings. The molecule has 0 radical (unpaired) electrons. The van der Waals surface area contributed by atoms with Crippen LogP contribution in [0.25, 0.3) is 0 Å². The van der Waals surface area contributed by atoms with E-state index >= 15 is 0 Å². The molecule has 0 spiro atoms. The lowest BCUT2D eigenvalue weighted by Crippen LogP contribution is -1.96. The van der Waals surface area contributed by atoms with Crippen molar-refractivity contribution in [3.05, 3.63) is 48.0 Å². The van der Waals surface area contributed by atoms with Crippen molar-refractivity contribution >= 4 is 11.9 Å². The molecule has 4 heteroatoms. The average molecular weight is 384 g/mol. The van der Waals surface area contributed by atoms with Crippen LogP contribution in [0.15, 0.2) is 47.5 Å². The molecule has 2 aromatic carbocycles. The zero-order valence-corrected chi connectivity index (χ0v) is 17.2. The molecule has 0 atom stereocenters. The second-order valence-corrected chi connectivity index (χ2v) is 6.94. The van der Waals surface area contributed by atoms with Gasteiger partial charge in [0.05, 0.1) is 18.9 Å². The number of hydrogen-bond donors (Lipinski definition) is 1. The summed E-state index contributed by atoms with van der Waals surface area (Å²) in [6.07, 6.45) is 10.2. The molecule has 0 bridgehead atoms. The van der Waals surface area contributed by atoms with Gasteiger partial charge in [-0.25, -0.2) is 0 Å². The molecule has 0 amide bonds. The van der Waals surface area contributed by atoms with Gasteiger partial charge < -0.3 is 14.6 Å². The first-order valence-electron chi connectivity index (χ1n) is 10.5. The molecule has 2 aromatic rings. The van der Waals surface area contributed by atoms with E-state index in [0.717, 1.165) is 30.9 Å². The number of nitrogens with zero attached hydrogens (tertiary/aromatic N) is 1. The summed E-state index contributed by atoms with van der Waals surface area (Å²) in [5.41, 5.74) is 1.48. The average Bonchev–Trinajstić information content (AvgIpc) is 2.72. The lowest BCUT2D eigenvalue weighted by atomic mass is 10.1. The third kappa shape index (κ3) is 8.03. The zero-order valence-electron chi connectivity index (χ0n) is 17.2. The summed E-state index contributed by atoms with van der Waals surface area (Å²) in [6.45, 7) is 5.68. The fourth-order valence-corrected chi connectivity index (χ4v) is 2.79. The lowest BCUT2D eigenvalue weighted by molar-refractivity contribution is 0.304. The highest BCUT2D eigenvalue weighted by Gasteiger charge is 2.02. The SMILES string of the molecule is CCCCCCCCOc1ccc(N=Cc2ccc(OCCC)cc2O)cc1. The van der Waals surface area contributed by atoms with Gasteiger partial charge in [-0.1, -0.05) is 46.0 Å². The van der Waals surface area contributed by atoms with Gasteiger partial charge in [-0.2, -0.15) is 0 Å². The normalized spacial score (nSPS) is 11.1. The lowest BCUT2D eigenvalue weighted by Gasteiger charge is -2.07.